The number of halogens is 6. The van der Waals surface area contributed by atoms with Crippen molar-refractivity contribution in [2.45, 2.75) is 13.5 Å². The molecule has 0 atom stereocenters. The number of carbonyl (C=O) groups excluding carboxylic acids is 1. The summed E-state index contributed by atoms with van der Waals surface area (Å²) in [6.45, 7) is 1.29. The molecule has 0 aromatic heterocycles. The van der Waals surface area contributed by atoms with Gasteiger partial charge in [0.1, 0.15) is 12.3 Å². The molecule has 0 saturated carbocycles. The van der Waals surface area contributed by atoms with Crippen LogP contribution in [-0.4, -0.2) is 16.5 Å². The molecule has 0 N–H and O–H groups in total. The third-order valence-electron chi connectivity index (χ3n) is 5.24. The third-order valence-corrected chi connectivity index (χ3v) is 5.83. The zero-order valence-corrected chi connectivity index (χ0v) is 20.2. The fraction of sp³-hybridized carbons (Fsp3) is 0.0833. The molecule has 7 nitrogen and oxygen atoms in total. The van der Waals surface area contributed by atoms with Crippen LogP contribution in [0.25, 0.3) is 6.08 Å². The lowest BCUT2D eigenvalue weighted by Crippen LogP contribution is -2.25. The Morgan fingerprint density at radius 1 is 1.03 bits per heavy atom. The Labute approximate surface area is 213 Å². The van der Waals surface area contributed by atoms with E-state index in [1.807, 2.05) is 0 Å². The van der Waals surface area contributed by atoms with Crippen molar-refractivity contribution in [3.63, 3.8) is 0 Å². The number of rotatable bonds is 6. The first-order chi connectivity index (χ1) is 17.5. The molecule has 0 bridgehead atoms. The van der Waals surface area contributed by atoms with Crippen LogP contribution in [0.5, 0.6) is 5.75 Å². The number of hydrazone groups is 1. The van der Waals surface area contributed by atoms with Gasteiger partial charge in [-0.15, -0.1) is 0 Å². The lowest BCUT2D eigenvalue weighted by atomic mass is 10.1. The number of ether oxygens (including phenoxy) is 1. The number of amides is 1. The van der Waals surface area contributed by atoms with Crippen LogP contribution in [-0.2, 0) is 11.4 Å². The van der Waals surface area contributed by atoms with E-state index < -0.39 is 51.3 Å². The van der Waals surface area contributed by atoms with E-state index in [0.717, 1.165) is 17.7 Å². The largest absolute Gasteiger partial charge is 0.481 e. The van der Waals surface area contributed by atoms with Crippen LogP contribution in [0.1, 0.15) is 18.1 Å². The minimum atomic E-state index is -2.38. The number of anilines is 1. The normalized spacial score (nSPS) is 14.4. The second-order valence-electron chi connectivity index (χ2n) is 7.66. The van der Waals surface area contributed by atoms with Gasteiger partial charge in [0.05, 0.1) is 20.7 Å². The zero-order valence-electron chi connectivity index (χ0n) is 18.6. The maximum absolute atomic E-state index is 14.2. The number of carbonyl (C=O) groups is 1. The van der Waals surface area contributed by atoms with Crippen molar-refractivity contribution >= 4 is 45.0 Å². The highest BCUT2D eigenvalue weighted by Gasteiger charge is 2.37. The van der Waals surface area contributed by atoms with Gasteiger partial charge in [-0.1, -0.05) is 30.3 Å². The van der Waals surface area contributed by atoms with Gasteiger partial charge in [-0.2, -0.15) is 10.1 Å². The third kappa shape index (κ3) is 4.81. The molecule has 0 saturated heterocycles. The number of nitro benzene ring substituents is 1. The second kappa shape index (κ2) is 10.1. The predicted octanol–water partition coefficient (Wildman–Crippen LogP) is 6.44. The highest BCUT2D eigenvalue weighted by Crippen LogP contribution is 2.39. The van der Waals surface area contributed by atoms with E-state index in [1.165, 1.54) is 13.0 Å². The highest BCUT2D eigenvalue weighted by molar-refractivity contribution is 9.10. The average molecular weight is 582 g/mol. The number of nitro groups is 1. The smallest absolute Gasteiger partial charge is 0.312 e. The molecule has 0 spiro atoms. The van der Waals surface area contributed by atoms with E-state index in [4.69, 9.17) is 4.74 Å². The number of nitrogens with zero attached hydrogens (tertiary/aromatic N) is 3. The SMILES string of the molecule is CC1=NN(c2c(F)c(F)c(F)c(F)c2F)C(=O)/C1=C\c1cc(Br)c(OCc2ccccc2)c([N+](=O)[O-])c1. The topological polar surface area (TPSA) is 85.0 Å². The van der Waals surface area contributed by atoms with Crippen LogP contribution in [0.4, 0.5) is 33.3 Å². The molecule has 1 heterocycles. The summed E-state index contributed by atoms with van der Waals surface area (Å²) >= 11 is 3.21. The van der Waals surface area contributed by atoms with Crippen LogP contribution < -0.4 is 9.75 Å². The minimum Gasteiger partial charge on any atom is -0.481 e. The molecule has 1 aliphatic rings. The molecule has 37 heavy (non-hydrogen) atoms. The molecule has 1 aliphatic heterocycles. The van der Waals surface area contributed by atoms with Gasteiger partial charge in [0.15, 0.2) is 23.3 Å². The van der Waals surface area contributed by atoms with Crippen molar-refractivity contribution in [3.05, 3.63) is 103 Å². The number of hydrogen-bond donors (Lipinski definition) is 0. The predicted molar refractivity (Wildman–Crippen MR) is 126 cm³/mol. The first-order valence-electron chi connectivity index (χ1n) is 10.3. The molecular weight excluding hydrogens is 569 g/mol. The van der Waals surface area contributed by atoms with E-state index >= 15 is 0 Å². The maximum Gasteiger partial charge on any atom is 0.312 e. The van der Waals surface area contributed by atoms with Crippen LogP contribution in [0.2, 0.25) is 0 Å². The Morgan fingerprint density at radius 3 is 2.22 bits per heavy atom. The van der Waals surface area contributed by atoms with Gasteiger partial charge in [0, 0.05) is 6.07 Å². The standard InChI is InChI=1S/C24H13BrF5N3O4/c1-11-14(24(34)32(31-11)22-20(29)18(27)17(26)19(28)21(22)30)7-13-8-15(25)23(16(9-13)33(35)36)37-10-12-5-3-2-4-6-12/h2-9H,10H2,1H3/b14-7-. The fourth-order valence-corrected chi connectivity index (χ4v) is 4.05. The van der Waals surface area contributed by atoms with Crippen LogP contribution in [0.3, 0.4) is 0 Å². The first kappa shape index (κ1) is 25.9. The van der Waals surface area contributed by atoms with Gasteiger partial charge in [0.2, 0.25) is 11.6 Å². The maximum atomic E-state index is 14.2. The Morgan fingerprint density at radius 2 is 1.62 bits per heavy atom. The number of benzene rings is 3. The fourth-order valence-electron chi connectivity index (χ4n) is 3.47. The summed E-state index contributed by atoms with van der Waals surface area (Å²) in [5.74, 6) is -12.6. The molecule has 13 heteroatoms. The molecular formula is C24H13BrF5N3O4. The lowest BCUT2D eigenvalue weighted by Gasteiger charge is -2.15. The summed E-state index contributed by atoms with van der Waals surface area (Å²) in [5, 5.41) is 15.4. The van der Waals surface area contributed by atoms with Crippen LogP contribution in [0.15, 0.2) is 57.6 Å². The van der Waals surface area contributed by atoms with Crippen molar-refractivity contribution in [3.8, 4) is 5.75 Å². The lowest BCUT2D eigenvalue weighted by molar-refractivity contribution is -0.386. The van der Waals surface area contributed by atoms with E-state index in [2.05, 4.69) is 21.0 Å². The zero-order chi connectivity index (χ0) is 27.0. The quantitative estimate of drug-likeness (QED) is 0.0837. The molecule has 4 rings (SSSR count). The average Bonchev–Trinajstić information content (AvgIpc) is 3.14. The Kier molecular flexibility index (Phi) is 7.07. The Balaban J connectivity index is 1.70. The summed E-state index contributed by atoms with van der Waals surface area (Å²) in [6.07, 6.45) is 1.13. The minimum absolute atomic E-state index is 0.0296. The van der Waals surface area contributed by atoms with Crippen LogP contribution in [0, 0.1) is 39.2 Å². The molecule has 3 aromatic rings. The highest BCUT2D eigenvalue weighted by atomic mass is 79.9. The number of hydrogen-bond acceptors (Lipinski definition) is 5. The first-order valence-corrected chi connectivity index (χ1v) is 11.1. The summed E-state index contributed by atoms with van der Waals surface area (Å²) < 4.78 is 75.0. The van der Waals surface area contributed by atoms with Crippen molar-refractivity contribution in [2.24, 2.45) is 5.10 Å². The van der Waals surface area contributed by atoms with Gasteiger partial charge in [-0.25, -0.2) is 22.0 Å². The van der Waals surface area contributed by atoms with E-state index in [-0.39, 0.29) is 38.7 Å². The Hall–Kier alpha value is -4.13. The molecule has 190 valence electrons. The molecule has 0 radical (unpaired) electrons. The molecule has 0 unspecified atom stereocenters. The van der Waals surface area contributed by atoms with Gasteiger partial charge in [0.25, 0.3) is 5.91 Å². The summed E-state index contributed by atoms with van der Waals surface area (Å²) in [7, 11) is 0. The summed E-state index contributed by atoms with van der Waals surface area (Å²) in [5.41, 5.74) is -1.55. The summed E-state index contributed by atoms with van der Waals surface area (Å²) in [4.78, 5) is 23.9. The van der Waals surface area contributed by atoms with Crippen molar-refractivity contribution in [1.82, 2.24) is 0 Å². The monoisotopic (exact) mass is 581 g/mol. The van der Waals surface area contributed by atoms with Gasteiger partial charge in [-0.05, 0) is 46.1 Å². The van der Waals surface area contributed by atoms with E-state index in [9.17, 15) is 36.9 Å². The van der Waals surface area contributed by atoms with Crippen molar-refractivity contribution < 1.29 is 36.4 Å². The van der Waals surface area contributed by atoms with E-state index in [1.54, 1.807) is 30.3 Å². The van der Waals surface area contributed by atoms with E-state index in [0.29, 0.717) is 0 Å². The molecule has 1 amide bonds. The molecule has 3 aromatic carbocycles. The van der Waals surface area contributed by atoms with Crippen molar-refractivity contribution in [1.29, 1.82) is 0 Å². The van der Waals surface area contributed by atoms with Crippen LogP contribution >= 0.6 is 15.9 Å². The van der Waals surface area contributed by atoms with Gasteiger partial charge >= 0.3 is 5.69 Å². The molecule has 0 aliphatic carbocycles. The van der Waals surface area contributed by atoms with Gasteiger partial charge in [-0.3, -0.25) is 14.9 Å². The molecule has 0 fully saturated rings. The van der Waals surface area contributed by atoms with Gasteiger partial charge < -0.3 is 4.74 Å². The Bertz CT molecular complexity index is 1480. The second-order valence-corrected chi connectivity index (χ2v) is 8.52. The summed E-state index contributed by atoms with van der Waals surface area (Å²) in [6, 6.07) is 11.4. The van der Waals surface area contributed by atoms with Crippen molar-refractivity contribution in [2.75, 3.05) is 5.01 Å².